The predicted octanol–water partition coefficient (Wildman–Crippen LogP) is 2.06. The van der Waals surface area contributed by atoms with Crippen molar-refractivity contribution in [2.24, 2.45) is 0 Å². The van der Waals surface area contributed by atoms with Gasteiger partial charge >= 0.3 is 0 Å². The summed E-state index contributed by atoms with van der Waals surface area (Å²) in [7, 11) is 0. The molecule has 2 fully saturated rings. The number of benzene rings is 1. The number of nitrogens with two attached hydrogens (primary N) is 1. The second-order valence-corrected chi connectivity index (χ2v) is 6.85. The summed E-state index contributed by atoms with van der Waals surface area (Å²) in [5.41, 5.74) is 9.01. The minimum absolute atomic E-state index is 0.0703. The minimum atomic E-state index is 0.0703. The van der Waals surface area contributed by atoms with E-state index in [-0.39, 0.29) is 6.61 Å². The molecule has 0 aliphatic carbocycles. The maximum atomic E-state index is 9.39. The number of fused-ring (bicyclic) bond motifs is 2. The van der Waals surface area contributed by atoms with E-state index in [0.29, 0.717) is 23.1 Å². The third kappa shape index (κ3) is 2.65. The molecule has 2 aromatic rings. The zero-order chi connectivity index (χ0) is 16.7. The van der Waals surface area contributed by atoms with Crippen molar-refractivity contribution in [3.05, 3.63) is 41.0 Å². The Morgan fingerprint density at radius 2 is 1.92 bits per heavy atom. The smallest absolute Gasteiger partial charge is 0.169 e. The molecule has 2 bridgehead atoms. The van der Waals surface area contributed by atoms with Crippen LogP contribution in [0.2, 0.25) is 5.15 Å². The number of nitrogen functional groups attached to an aromatic ring is 1. The van der Waals surface area contributed by atoms with Crippen LogP contribution >= 0.6 is 11.6 Å². The number of hydrogen-bond acceptors (Lipinski definition) is 6. The highest BCUT2D eigenvalue weighted by Crippen LogP contribution is 2.38. The molecule has 0 saturated carbocycles. The van der Waals surface area contributed by atoms with Crippen molar-refractivity contribution in [1.82, 2.24) is 10.2 Å². The number of rotatable bonds is 3. The molecule has 2 unspecified atom stereocenters. The lowest BCUT2D eigenvalue weighted by molar-refractivity contribution is 0.282. The van der Waals surface area contributed by atoms with E-state index in [2.05, 4.69) is 32.1 Å². The lowest BCUT2D eigenvalue weighted by Crippen LogP contribution is -2.54. The predicted molar refractivity (Wildman–Crippen MR) is 95.3 cm³/mol. The number of halogens is 1. The van der Waals surface area contributed by atoms with Crippen molar-refractivity contribution >= 4 is 28.8 Å². The quantitative estimate of drug-likeness (QED) is 0.886. The third-order valence-electron chi connectivity index (χ3n) is 4.99. The Morgan fingerprint density at radius 3 is 2.62 bits per heavy atom. The summed E-state index contributed by atoms with van der Waals surface area (Å²) in [5.74, 6) is 0.425. The molecule has 1 aromatic carbocycles. The molecule has 2 aliphatic heterocycles. The van der Waals surface area contributed by atoms with Gasteiger partial charge < -0.3 is 20.6 Å². The van der Waals surface area contributed by atoms with Crippen LogP contribution in [-0.4, -0.2) is 40.5 Å². The van der Waals surface area contributed by atoms with Crippen molar-refractivity contribution in [3.8, 4) is 0 Å². The highest BCUT2D eigenvalue weighted by molar-refractivity contribution is 6.29. The van der Waals surface area contributed by atoms with E-state index in [1.165, 1.54) is 5.69 Å². The van der Waals surface area contributed by atoms with Crippen molar-refractivity contribution in [3.63, 3.8) is 0 Å². The number of aliphatic hydroxyl groups is 1. The van der Waals surface area contributed by atoms with Gasteiger partial charge in [0.15, 0.2) is 11.0 Å². The molecule has 2 aliphatic rings. The van der Waals surface area contributed by atoms with Crippen molar-refractivity contribution in [2.45, 2.75) is 31.5 Å². The second kappa shape index (κ2) is 6.11. The van der Waals surface area contributed by atoms with Crippen LogP contribution in [0.15, 0.2) is 30.3 Å². The van der Waals surface area contributed by atoms with Gasteiger partial charge in [-0.25, -0.2) is 0 Å². The number of nitrogens with zero attached hydrogens (tertiary/aromatic N) is 4. The lowest BCUT2D eigenvalue weighted by atomic mass is 10.1. The van der Waals surface area contributed by atoms with Crippen molar-refractivity contribution in [1.29, 1.82) is 0 Å². The lowest BCUT2D eigenvalue weighted by Gasteiger charge is -2.43. The van der Waals surface area contributed by atoms with E-state index in [1.807, 2.05) is 12.1 Å². The second-order valence-electron chi connectivity index (χ2n) is 6.46. The van der Waals surface area contributed by atoms with Crippen LogP contribution < -0.4 is 15.5 Å². The Bertz CT molecular complexity index is 742. The molecule has 6 nitrogen and oxygen atoms in total. The van der Waals surface area contributed by atoms with Gasteiger partial charge in [0.05, 0.1) is 12.3 Å². The minimum Gasteiger partial charge on any atom is -0.392 e. The SMILES string of the molecule is Nc1nnc(Cl)cc1N1CC2CCC(C1)N2c1cccc(CO)c1. The Labute approximate surface area is 145 Å². The van der Waals surface area contributed by atoms with Gasteiger partial charge in [0.1, 0.15) is 0 Å². The Morgan fingerprint density at radius 1 is 1.17 bits per heavy atom. The molecule has 0 radical (unpaired) electrons. The molecule has 4 rings (SSSR count). The van der Waals surface area contributed by atoms with E-state index in [0.717, 1.165) is 37.2 Å². The van der Waals surface area contributed by atoms with Crippen LogP contribution in [0, 0.1) is 0 Å². The van der Waals surface area contributed by atoms with Gasteiger partial charge in [-0.05, 0) is 30.5 Å². The van der Waals surface area contributed by atoms with E-state index in [4.69, 9.17) is 17.3 Å². The fourth-order valence-electron chi connectivity index (χ4n) is 3.96. The number of aromatic nitrogens is 2. The van der Waals surface area contributed by atoms with Crippen molar-refractivity contribution in [2.75, 3.05) is 28.6 Å². The van der Waals surface area contributed by atoms with Crippen LogP contribution in [0.4, 0.5) is 17.2 Å². The van der Waals surface area contributed by atoms with Gasteiger partial charge in [-0.15, -0.1) is 10.2 Å². The van der Waals surface area contributed by atoms with E-state index >= 15 is 0 Å². The first-order valence-corrected chi connectivity index (χ1v) is 8.55. The van der Waals surface area contributed by atoms with Crippen LogP contribution in [0.1, 0.15) is 18.4 Å². The van der Waals surface area contributed by atoms with Gasteiger partial charge in [0.25, 0.3) is 0 Å². The third-order valence-corrected chi connectivity index (χ3v) is 5.17. The highest BCUT2D eigenvalue weighted by Gasteiger charge is 2.40. The first-order valence-electron chi connectivity index (χ1n) is 8.17. The molecule has 24 heavy (non-hydrogen) atoms. The Balaban J connectivity index is 1.60. The number of piperazine rings is 1. The average molecular weight is 346 g/mol. The fourth-order valence-corrected chi connectivity index (χ4v) is 4.10. The summed E-state index contributed by atoms with van der Waals surface area (Å²) >= 11 is 5.99. The molecule has 7 heteroatoms. The summed E-state index contributed by atoms with van der Waals surface area (Å²) in [6.45, 7) is 1.83. The van der Waals surface area contributed by atoms with Crippen LogP contribution in [0.3, 0.4) is 0 Å². The highest BCUT2D eigenvalue weighted by atomic mass is 35.5. The van der Waals surface area contributed by atoms with Gasteiger partial charge in [-0.2, -0.15) is 0 Å². The zero-order valence-corrected chi connectivity index (χ0v) is 14.0. The summed E-state index contributed by atoms with van der Waals surface area (Å²) < 4.78 is 0. The Kier molecular flexibility index (Phi) is 3.94. The van der Waals surface area contributed by atoms with E-state index in [9.17, 15) is 5.11 Å². The topological polar surface area (TPSA) is 78.5 Å². The molecule has 0 amide bonds. The maximum absolute atomic E-state index is 9.39. The molecular formula is C17H20ClN5O. The first-order chi connectivity index (χ1) is 11.7. The summed E-state index contributed by atoms with van der Waals surface area (Å²) in [5, 5.41) is 17.5. The van der Waals surface area contributed by atoms with Gasteiger partial charge in [-0.1, -0.05) is 23.7 Å². The normalized spacial score (nSPS) is 22.9. The zero-order valence-electron chi connectivity index (χ0n) is 13.3. The Hall–Kier alpha value is -2.05. The summed E-state index contributed by atoms with van der Waals surface area (Å²) in [6, 6.07) is 10.8. The van der Waals surface area contributed by atoms with Crippen LogP contribution in [0.25, 0.3) is 0 Å². The molecular weight excluding hydrogens is 326 g/mol. The van der Waals surface area contributed by atoms with E-state index in [1.54, 1.807) is 6.07 Å². The van der Waals surface area contributed by atoms with Gasteiger partial charge in [0.2, 0.25) is 0 Å². The largest absolute Gasteiger partial charge is 0.392 e. The maximum Gasteiger partial charge on any atom is 0.169 e. The monoisotopic (exact) mass is 345 g/mol. The number of anilines is 3. The molecule has 2 saturated heterocycles. The molecule has 0 spiro atoms. The standard InChI is InChI=1S/C17H20ClN5O/c18-16-7-15(17(19)21-20-16)22-8-13-4-5-14(9-22)23(13)12-3-1-2-11(6-12)10-24/h1-3,6-7,13-14,24H,4-5,8-10H2,(H2,19,21). The number of hydrogen-bond donors (Lipinski definition) is 2. The van der Waals surface area contributed by atoms with Crippen LogP contribution in [-0.2, 0) is 6.61 Å². The summed E-state index contributed by atoms with van der Waals surface area (Å²) in [6.07, 6.45) is 2.30. The molecule has 1 aromatic heterocycles. The van der Waals surface area contributed by atoms with Crippen molar-refractivity contribution < 1.29 is 5.11 Å². The fraction of sp³-hybridized carbons (Fsp3) is 0.412. The first kappa shape index (κ1) is 15.5. The molecule has 126 valence electrons. The average Bonchev–Trinajstić information content (AvgIpc) is 2.87. The molecule has 2 atom stereocenters. The van der Waals surface area contributed by atoms with Gasteiger partial charge in [0, 0.05) is 36.9 Å². The van der Waals surface area contributed by atoms with E-state index < -0.39 is 0 Å². The molecule has 3 heterocycles. The number of aliphatic hydroxyl groups excluding tert-OH is 1. The van der Waals surface area contributed by atoms with Gasteiger partial charge in [-0.3, -0.25) is 0 Å². The van der Waals surface area contributed by atoms with Crippen LogP contribution in [0.5, 0.6) is 0 Å². The summed E-state index contributed by atoms with van der Waals surface area (Å²) in [4.78, 5) is 4.76. The molecule has 3 N–H and O–H groups in total.